The molecule has 0 saturated heterocycles. The van der Waals surface area contributed by atoms with Gasteiger partial charge >= 0.3 is 5.97 Å². The highest BCUT2D eigenvalue weighted by Gasteiger charge is 2.59. The van der Waals surface area contributed by atoms with Gasteiger partial charge in [0.1, 0.15) is 0 Å². The number of rotatable bonds is 2. The lowest BCUT2D eigenvalue weighted by molar-refractivity contribution is -0.145. The summed E-state index contributed by atoms with van der Waals surface area (Å²) in [6.07, 6.45) is 2.34. The fourth-order valence-electron chi connectivity index (χ4n) is 3.22. The van der Waals surface area contributed by atoms with Gasteiger partial charge in [-0.1, -0.05) is 20.3 Å². The van der Waals surface area contributed by atoms with Crippen LogP contribution in [0, 0.1) is 29.6 Å². The van der Waals surface area contributed by atoms with E-state index in [2.05, 4.69) is 13.8 Å². The molecule has 5 atom stereocenters. The number of carboxylic acid groups (broad SMARTS) is 1. The smallest absolute Gasteiger partial charge is 0.307 e. The molecule has 0 aliphatic heterocycles. The zero-order valence-corrected chi connectivity index (χ0v) is 7.66. The van der Waals surface area contributed by atoms with Crippen molar-refractivity contribution in [3.63, 3.8) is 0 Å². The third-order valence-electron chi connectivity index (χ3n) is 3.90. The van der Waals surface area contributed by atoms with Crippen LogP contribution in [0.3, 0.4) is 0 Å². The molecule has 68 valence electrons. The van der Waals surface area contributed by atoms with Crippen LogP contribution in [0.5, 0.6) is 0 Å². The van der Waals surface area contributed by atoms with Gasteiger partial charge in [0.15, 0.2) is 0 Å². The minimum Gasteiger partial charge on any atom is -0.481 e. The highest BCUT2D eigenvalue weighted by Crippen LogP contribution is 2.62. The first-order valence-electron chi connectivity index (χ1n) is 4.89. The van der Waals surface area contributed by atoms with Gasteiger partial charge in [0.05, 0.1) is 5.92 Å². The summed E-state index contributed by atoms with van der Waals surface area (Å²) in [6.45, 7) is 4.23. The predicted molar refractivity (Wildman–Crippen MR) is 45.7 cm³/mol. The summed E-state index contributed by atoms with van der Waals surface area (Å²) in [7, 11) is 0. The molecular formula is C10H16O2. The lowest BCUT2D eigenvalue weighted by atomic mass is 9.84. The number of carbonyl (C=O) groups is 1. The van der Waals surface area contributed by atoms with Crippen molar-refractivity contribution >= 4 is 5.97 Å². The van der Waals surface area contributed by atoms with E-state index in [0.717, 1.165) is 18.3 Å². The van der Waals surface area contributed by atoms with E-state index >= 15 is 0 Å². The second kappa shape index (κ2) is 2.48. The van der Waals surface area contributed by atoms with Crippen LogP contribution < -0.4 is 0 Å². The quantitative estimate of drug-likeness (QED) is 0.684. The van der Waals surface area contributed by atoms with Gasteiger partial charge in [-0.05, 0) is 30.1 Å². The van der Waals surface area contributed by atoms with Crippen LogP contribution in [0.25, 0.3) is 0 Å². The molecule has 4 unspecified atom stereocenters. The van der Waals surface area contributed by atoms with Crippen LogP contribution in [0.15, 0.2) is 0 Å². The van der Waals surface area contributed by atoms with Gasteiger partial charge in [-0.25, -0.2) is 0 Å². The summed E-state index contributed by atoms with van der Waals surface area (Å²) < 4.78 is 0. The van der Waals surface area contributed by atoms with Gasteiger partial charge in [-0.15, -0.1) is 0 Å². The Balaban J connectivity index is 2.16. The highest BCUT2D eigenvalue weighted by atomic mass is 16.4. The van der Waals surface area contributed by atoms with Gasteiger partial charge in [0, 0.05) is 0 Å². The summed E-state index contributed by atoms with van der Waals surface area (Å²) >= 11 is 0. The topological polar surface area (TPSA) is 37.3 Å². The average molecular weight is 168 g/mol. The first-order valence-corrected chi connectivity index (χ1v) is 4.89. The third kappa shape index (κ3) is 0.900. The molecule has 0 amide bonds. The Labute approximate surface area is 73.0 Å². The fraction of sp³-hybridized carbons (Fsp3) is 0.900. The lowest BCUT2D eigenvalue weighted by Gasteiger charge is -2.20. The van der Waals surface area contributed by atoms with Crippen LogP contribution in [0.2, 0.25) is 0 Å². The van der Waals surface area contributed by atoms with Crippen LogP contribution in [-0.4, -0.2) is 11.1 Å². The maximum absolute atomic E-state index is 10.9. The molecule has 0 aromatic heterocycles. The maximum Gasteiger partial charge on any atom is 0.307 e. The Kier molecular flexibility index (Phi) is 1.67. The minimum absolute atomic E-state index is 0.0428. The predicted octanol–water partition coefficient (Wildman–Crippen LogP) is 2.00. The zero-order valence-electron chi connectivity index (χ0n) is 7.66. The molecule has 0 bridgehead atoms. The number of hydrogen-bond acceptors (Lipinski definition) is 1. The van der Waals surface area contributed by atoms with E-state index in [1.165, 1.54) is 6.42 Å². The summed E-state index contributed by atoms with van der Waals surface area (Å²) in [5, 5.41) is 9.02. The van der Waals surface area contributed by atoms with E-state index in [-0.39, 0.29) is 5.92 Å². The normalized spacial score (nSPS) is 50.3. The molecule has 2 saturated carbocycles. The molecule has 0 heterocycles. The van der Waals surface area contributed by atoms with Crippen molar-refractivity contribution in [2.24, 2.45) is 29.6 Å². The molecule has 1 N–H and O–H groups in total. The molecule has 2 rings (SSSR count). The maximum atomic E-state index is 10.9. The van der Waals surface area contributed by atoms with Crippen molar-refractivity contribution in [1.82, 2.24) is 0 Å². The Morgan fingerprint density at radius 2 is 2.17 bits per heavy atom. The van der Waals surface area contributed by atoms with Gasteiger partial charge in [0.25, 0.3) is 0 Å². The number of fused-ring (bicyclic) bond motifs is 1. The summed E-state index contributed by atoms with van der Waals surface area (Å²) in [6, 6.07) is 0. The third-order valence-corrected chi connectivity index (χ3v) is 3.90. The molecule has 2 aliphatic carbocycles. The van der Waals surface area contributed by atoms with E-state index < -0.39 is 5.97 Å². The molecule has 2 nitrogen and oxygen atoms in total. The Hall–Kier alpha value is -0.530. The average Bonchev–Trinajstić information content (AvgIpc) is 2.72. The van der Waals surface area contributed by atoms with Gasteiger partial charge in [0.2, 0.25) is 0 Å². The van der Waals surface area contributed by atoms with Crippen molar-refractivity contribution in [2.45, 2.75) is 26.7 Å². The Morgan fingerprint density at radius 1 is 1.50 bits per heavy atom. The van der Waals surface area contributed by atoms with Crippen molar-refractivity contribution in [2.75, 3.05) is 0 Å². The molecule has 2 heteroatoms. The molecule has 12 heavy (non-hydrogen) atoms. The zero-order chi connectivity index (χ0) is 8.88. The van der Waals surface area contributed by atoms with Crippen molar-refractivity contribution in [3.8, 4) is 0 Å². The highest BCUT2D eigenvalue weighted by molar-refractivity contribution is 5.71. The van der Waals surface area contributed by atoms with E-state index in [4.69, 9.17) is 5.11 Å². The van der Waals surface area contributed by atoms with Gasteiger partial charge in [-0.2, -0.15) is 0 Å². The Bertz CT molecular complexity index is 212. The van der Waals surface area contributed by atoms with E-state index in [1.807, 2.05) is 0 Å². The SMILES string of the molecule is CCC1C2CC2[C@@H](C)C1C(=O)O. The number of hydrogen-bond donors (Lipinski definition) is 1. The second-order valence-electron chi connectivity index (χ2n) is 4.36. The monoisotopic (exact) mass is 168 g/mol. The Morgan fingerprint density at radius 3 is 2.58 bits per heavy atom. The largest absolute Gasteiger partial charge is 0.481 e. The van der Waals surface area contributed by atoms with Crippen molar-refractivity contribution < 1.29 is 9.90 Å². The summed E-state index contributed by atoms with van der Waals surface area (Å²) in [4.78, 5) is 10.9. The van der Waals surface area contributed by atoms with Crippen LogP contribution in [-0.2, 0) is 4.79 Å². The van der Waals surface area contributed by atoms with Crippen LogP contribution >= 0.6 is 0 Å². The van der Waals surface area contributed by atoms with Crippen LogP contribution in [0.4, 0.5) is 0 Å². The number of carboxylic acids is 1. The standard InChI is InChI=1S/C10H16O2/c1-3-6-8-4-7(8)5(2)9(6)10(11)12/h5-9H,3-4H2,1-2H3,(H,11,12)/t5-,6?,7?,8?,9?/m1/s1. The molecule has 2 aliphatic rings. The molecule has 0 aromatic rings. The first-order chi connectivity index (χ1) is 5.66. The van der Waals surface area contributed by atoms with E-state index in [0.29, 0.717) is 11.8 Å². The molecule has 0 aromatic carbocycles. The van der Waals surface area contributed by atoms with E-state index in [1.54, 1.807) is 0 Å². The second-order valence-corrected chi connectivity index (χ2v) is 4.36. The van der Waals surface area contributed by atoms with Gasteiger partial charge in [-0.3, -0.25) is 4.79 Å². The summed E-state index contributed by atoms with van der Waals surface area (Å²) in [5.74, 6) is 1.79. The number of aliphatic carboxylic acids is 1. The molecule has 2 fully saturated rings. The lowest BCUT2D eigenvalue weighted by Crippen LogP contribution is -2.26. The first kappa shape index (κ1) is 8.09. The summed E-state index contributed by atoms with van der Waals surface area (Å²) in [5.41, 5.74) is 0. The van der Waals surface area contributed by atoms with Crippen molar-refractivity contribution in [3.05, 3.63) is 0 Å². The van der Waals surface area contributed by atoms with Crippen molar-refractivity contribution in [1.29, 1.82) is 0 Å². The van der Waals surface area contributed by atoms with Crippen LogP contribution in [0.1, 0.15) is 26.7 Å². The molecule has 0 spiro atoms. The van der Waals surface area contributed by atoms with Gasteiger partial charge < -0.3 is 5.11 Å². The fourth-order valence-corrected chi connectivity index (χ4v) is 3.22. The molecule has 0 radical (unpaired) electrons. The van der Waals surface area contributed by atoms with E-state index in [9.17, 15) is 4.79 Å². The molecular weight excluding hydrogens is 152 g/mol. The minimum atomic E-state index is -0.568.